The topological polar surface area (TPSA) is 59.9 Å². The van der Waals surface area contributed by atoms with Gasteiger partial charge in [0.05, 0.1) is 12.8 Å². The van der Waals surface area contributed by atoms with Gasteiger partial charge in [0.15, 0.2) is 0 Å². The van der Waals surface area contributed by atoms with Crippen molar-refractivity contribution in [3.63, 3.8) is 0 Å². The van der Waals surface area contributed by atoms with E-state index in [9.17, 15) is 4.79 Å². The van der Waals surface area contributed by atoms with Crippen LogP contribution in [0.25, 0.3) is 0 Å². The van der Waals surface area contributed by atoms with Crippen molar-refractivity contribution < 1.29 is 14.4 Å². The number of hydrogen-bond acceptors (Lipinski definition) is 4. The van der Waals surface area contributed by atoms with E-state index in [0.29, 0.717) is 13.0 Å². The minimum absolute atomic E-state index is 0.108. The zero-order chi connectivity index (χ0) is 13.7. The van der Waals surface area contributed by atoms with Crippen LogP contribution in [0, 0.1) is 0 Å². The Hall–Kier alpha value is -2.04. The molecule has 0 fully saturated rings. The molecule has 1 heterocycles. The van der Waals surface area contributed by atoms with Crippen LogP contribution in [0.3, 0.4) is 0 Å². The second-order valence-electron chi connectivity index (χ2n) is 4.36. The van der Waals surface area contributed by atoms with Gasteiger partial charge >= 0.3 is 0 Å². The number of hydrogen-bond donors (Lipinski definition) is 1. The van der Waals surface area contributed by atoms with Gasteiger partial charge in [0.25, 0.3) is 5.91 Å². The average molecular weight is 262 g/mol. The van der Waals surface area contributed by atoms with Crippen LogP contribution >= 0.6 is 0 Å². The monoisotopic (exact) mass is 262 g/mol. The van der Waals surface area contributed by atoms with E-state index in [0.717, 1.165) is 23.4 Å². The van der Waals surface area contributed by atoms with Crippen molar-refractivity contribution in [3.05, 3.63) is 29.8 Å². The van der Waals surface area contributed by atoms with Gasteiger partial charge in [-0.3, -0.25) is 4.79 Å². The van der Waals surface area contributed by atoms with Crippen LogP contribution in [0.4, 0.5) is 0 Å². The lowest BCUT2D eigenvalue weighted by atomic mass is 10.0. The Labute approximate surface area is 112 Å². The first-order chi connectivity index (χ1) is 9.24. The lowest BCUT2D eigenvalue weighted by Gasteiger charge is -2.08. The van der Waals surface area contributed by atoms with Crippen molar-refractivity contribution >= 4 is 11.6 Å². The molecule has 2 rings (SSSR count). The Morgan fingerprint density at radius 1 is 1.58 bits per heavy atom. The predicted molar refractivity (Wildman–Crippen MR) is 72.3 cm³/mol. The SMILES string of the molecule is CCCNC(=O)[C@@H]1CC(c2cccc(OC)c2)=NO1. The standard InChI is InChI=1S/C14H18N2O3/c1-3-7-15-14(17)13-9-12(16-19-13)10-5-4-6-11(8-10)18-2/h4-6,8,13H,3,7,9H2,1-2H3,(H,15,17)/t13-/m0/s1. The molecule has 0 unspecified atom stereocenters. The molecule has 1 aliphatic heterocycles. The van der Waals surface area contributed by atoms with Crippen LogP contribution in [-0.4, -0.2) is 31.4 Å². The molecule has 1 N–H and O–H groups in total. The maximum absolute atomic E-state index is 11.8. The van der Waals surface area contributed by atoms with Gasteiger partial charge < -0.3 is 14.9 Å². The van der Waals surface area contributed by atoms with E-state index in [1.165, 1.54) is 0 Å². The summed E-state index contributed by atoms with van der Waals surface area (Å²) in [6.45, 7) is 2.67. The molecule has 1 atom stereocenters. The smallest absolute Gasteiger partial charge is 0.264 e. The lowest BCUT2D eigenvalue weighted by molar-refractivity contribution is -0.131. The summed E-state index contributed by atoms with van der Waals surface area (Å²) in [6, 6.07) is 7.57. The van der Waals surface area contributed by atoms with E-state index in [1.54, 1.807) is 7.11 Å². The van der Waals surface area contributed by atoms with Crippen LogP contribution < -0.4 is 10.1 Å². The van der Waals surface area contributed by atoms with E-state index >= 15 is 0 Å². The molecule has 0 radical (unpaired) electrons. The molecule has 1 aliphatic rings. The number of nitrogens with zero attached hydrogens (tertiary/aromatic N) is 1. The van der Waals surface area contributed by atoms with Crippen molar-refractivity contribution in [2.75, 3.05) is 13.7 Å². The summed E-state index contributed by atoms with van der Waals surface area (Å²) in [6.07, 6.45) is 0.873. The van der Waals surface area contributed by atoms with Crippen LogP contribution in [0.1, 0.15) is 25.3 Å². The Morgan fingerprint density at radius 3 is 3.16 bits per heavy atom. The van der Waals surface area contributed by atoms with E-state index < -0.39 is 6.10 Å². The lowest BCUT2D eigenvalue weighted by Crippen LogP contribution is -2.35. The van der Waals surface area contributed by atoms with E-state index in [1.807, 2.05) is 31.2 Å². The number of oxime groups is 1. The fourth-order valence-electron chi connectivity index (χ4n) is 1.85. The number of nitrogens with one attached hydrogen (secondary N) is 1. The molecular formula is C14H18N2O3. The number of amides is 1. The molecule has 19 heavy (non-hydrogen) atoms. The van der Waals surface area contributed by atoms with Crippen LogP contribution in [-0.2, 0) is 9.63 Å². The Kier molecular flexibility index (Phi) is 4.39. The molecule has 0 saturated heterocycles. The maximum Gasteiger partial charge on any atom is 0.264 e. The highest BCUT2D eigenvalue weighted by molar-refractivity contribution is 6.04. The average Bonchev–Trinajstić information content (AvgIpc) is 2.94. The Morgan fingerprint density at radius 2 is 2.42 bits per heavy atom. The summed E-state index contributed by atoms with van der Waals surface area (Å²) in [5.41, 5.74) is 1.70. The van der Waals surface area contributed by atoms with Crippen LogP contribution in [0.5, 0.6) is 5.75 Å². The molecule has 5 heteroatoms. The van der Waals surface area contributed by atoms with Gasteiger partial charge in [0.1, 0.15) is 5.75 Å². The van der Waals surface area contributed by atoms with E-state index in [-0.39, 0.29) is 5.91 Å². The third-order valence-corrected chi connectivity index (χ3v) is 2.91. The molecule has 5 nitrogen and oxygen atoms in total. The normalized spacial score (nSPS) is 17.6. The third kappa shape index (κ3) is 3.24. The number of rotatable bonds is 5. The van der Waals surface area contributed by atoms with Gasteiger partial charge in [-0.05, 0) is 18.6 Å². The molecule has 0 bridgehead atoms. The van der Waals surface area contributed by atoms with Crippen LogP contribution in [0.2, 0.25) is 0 Å². The summed E-state index contributed by atoms with van der Waals surface area (Å²) in [7, 11) is 1.62. The third-order valence-electron chi connectivity index (χ3n) is 2.91. The fourth-order valence-corrected chi connectivity index (χ4v) is 1.85. The van der Waals surface area contributed by atoms with Gasteiger partial charge in [-0.1, -0.05) is 24.2 Å². The number of benzene rings is 1. The van der Waals surface area contributed by atoms with E-state index in [2.05, 4.69) is 10.5 Å². The van der Waals surface area contributed by atoms with Crippen molar-refractivity contribution in [3.8, 4) is 5.75 Å². The fraction of sp³-hybridized carbons (Fsp3) is 0.429. The molecule has 0 spiro atoms. The summed E-state index contributed by atoms with van der Waals surface area (Å²) >= 11 is 0. The van der Waals surface area contributed by atoms with Crippen LogP contribution in [0.15, 0.2) is 29.4 Å². The van der Waals surface area contributed by atoms with Crippen molar-refractivity contribution in [1.82, 2.24) is 5.32 Å². The summed E-state index contributed by atoms with van der Waals surface area (Å²) in [5, 5.41) is 6.80. The molecule has 0 saturated carbocycles. The van der Waals surface area contributed by atoms with Gasteiger partial charge in [-0.25, -0.2) is 0 Å². The number of ether oxygens (including phenoxy) is 1. The first-order valence-corrected chi connectivity index (χ1v) is 6.39. The van der Waals surface area contributed by atoms with Gasteiger partial charge in [-0.2, -0.15) is 0 Å². The van der Waals surface area contributed by atoms with Gasteiger partial charge in [0.2, 0.25) is 6.10 Å². The highest BCUT2D eigenvalue weighted by atomic mass is 16.6. The largest absolute Gasteiger partial charge is 0.497 e. The molecule has 0 aliphatic carbocycles. The minimum atomic E-state index is -0.521. The highest BCUT2D eigenvalue weighted by Crippen LogP contribution is 2.20. The molecule has 1 aromatic carbocycles. The molecule has 0 aromatic heterocycles. The van der Waals surface area contributed by atoms with Crippen molar-refractivity contribution in [2.24, 2.45) is 5.16 Å². The highest BCUT2D eigenvalue weighted by Gasteiger charge is 2.28. The number of methoxy groups -OCH3 is 1. The van der Waals surface area contributed by atoms with Gasteiger partial charge in [0, 0.05) is 18.5 Å². The molecule has 1 amide bonds. The molecule has 102 valence electrons. The first-order valence-electron chi connectivity index (χ1n) is 6.39. The summed E-state index contributed by atoms with van der Waals surface area (Å²) < 4.78 is 5.17. The number of carbonyl (C=O) groups excluding carboxylic acids is 1. The van der Waals surface area contributed by atoms with Gasteiger partial charge in [-0.15, -0.1) is 0 Å². The Balaban J connectivity index is 1.99. The quantitative estimate of drug-likeness (QED) is 0.878. The number of carbonyl (C=O) groups is 1. The predicted octanol–water partition coefficient (Wildman–Crippen LogP) is 1.71. The summed E-state index contributed by atoms with van der Waals surface area (Å²) in [5.74, 6) is 0.655. The zero-order valence-corrected chi connectivity index (χ0v) is 11.2. The summed E-state index contributed by atoms with van der Waals surface area (Å²) in [4.78, 5) is 17.0. The maximum atomic E-state index is 11.8. The minimum Gasteiger partial charge on any atom is -0.497 e. The van der Waals surface area contributed by atoms with Crippen molar-refractivity contribution in [2.45, 2.75) is 25.9 Å². The van der Waals surface area contributed by atoms with Crippen molar-refractivity contribution in [1.29, 1.82) is 0 Å². The molecular weight excluding hydrogens is 244 g/mol. The second kappa shape index (κ2) is 6.22. The van der Waals surface area contributed by atoms with E-state index in [4.69, 9.17) is 9.57 Å². The Bertz CT molecular complexity index is 485. The zero-order valence-electron chi connectivity index (χ0n) is 11.2. The second-order valence-corrected chi connectivity index (χ2v) is 4.36. The first kappa shape index (κ1) is 13.4. The molecule has 1 aromatic rings.